The Labute approximate surface area is 221 Å². The van der Waals surface area contributed by atoms with E-state index in [4.69, 9.17) is 9.47 Å². The summed E-state index contributed by atoms with van der Waals surface area (Å²) in [5.74, 6) is -1.25. The van der Waals surface area contributed by atoms with Gasteiger partial charge in [0, 0.05) is 18.9 Å². The second-order valence-corrected chi connectivity index (χ2v) is 9.91. The smallest absolute Gasteiger partial charge is 0.407 e. The Kier molecular flexibility index (Phi) is 6.93. The van der Waals surface area contributed by atoms with E-state index in [-0.39, 0.29) is 50.3 Å². The van der Waals surface area contributed by atoms with E-state index in [2.05, 4.69) is 41.5 Å². The van der Waals surface area contributed by atoms with E-state index in [1.165, 1.54) is 11.0 Å². The van der Waals surface area contributed by atoms with Gasteiger partial charge in [-0.3, -0.25) is 14.4 Å². The van der Waals surface area contributed by atoms with Gasteiger partial charge in [-0.15, -0.1) is 6.58 Å². The Bertz CT molecular complexity index is 1250. The molecule has 3 atom stereocenters. The summed E-state index contributed by atoms with van der Waals surface area (Å²) in [5.41, 5.74) is 3.45. The molecule has 2 fully saturated rings. The van der Waals surface area contributed by atoms with Crippen LogP contribution in [0.3, 0.4) is 0 Å². The summed E-state index contributed by atoms with van der Waals surface area (Å²) in [6.45, 7) is 5.41. The standard InChI is InChI=1S/C29H31N3O6/c1-3-9-25(33)37-17-24-26(34)32-15-18(14-29(32,4-2)27(35)31-24)30-28(36)38-16-23-21-12-7-5-10-19(21)20-11-6-8-13-22(20)23/h3,5-8,10-13,18,23-24H,1,4,9,14-17H2,2H3,(H,30,36)(H,31,35)/t18-,24-,29-/m0/s1. The molecule has 0 radical (unpaired) electrons. The zero-order valence-electron chi connectivity index (χ0n) is 21.3. The molecule has 2 aromatic rings. The summed E-state index contributed by atoms with van der Waals surface area (Å²) in [7, 11) is 0. The quantitative estimate of drug-likeness (QED) is 0.411. The van der Waals surface area contributed by atoms with E-state index in [0.29, 0.717) is 6.42 Å². The third-order valence-corrected chi connectivity index (χ3v) is 7.77. The highest BCUT2D eigenvalue weighted by Crippen LogP contribution is 2.44. The number of piperazine rings is 1. The number of rotatable bonds is 8. The number of esters is 1. The maximum Gasteiger partial charge on any atom is 0.407 e. The number of hydrogen-bond acceptors (Lipinski definition) is 6. The van der Waals surface area contributed by atoms with Crippen LogP contribution in [0.4, 0.5) is 4.79 Å². The molecule has 2 N–H and O–H groups in total. The molecule has 1 aliphatic carbocycles. The van der Waals surface area contributed by atoms with Gasteiger partial charge in [-0.25, -0.2) is 4.79 Å². The molecule has 2 aromatic carbocycles. The molecule has 38 heavy (non-hydrogen) atoms. The third-order valence-electron chi connectivity index (χ3n) is 7.77. The SMILES string of the molecule is C=CCC(=O)OC[C@@H]1NC(=O)[C@]2(CC)C[C@H](NC(=O)OCC3c4ccccc4-c4ccccc43)CN2C1=O. The number of hydrogen-bond donors (Lipinski definition) is 2. The molecule has 9 heteroatoms. The summed E-state index contributed by atoms with van der Waals surface area (Å²) in [6.07, 6.45) is 1.49. The molecule has 5 rings (SSSR count). The van der Waals surface area contributed by atoms with Crippen molar-refractivity contribution in [3.05, 3.63) is 72.3 Å². The van der Waals surface area contributed by atoms with Crippen molar-refractivity contribution in [3.63, 3.8) is 0 Å². The Morgan fingerprint density at radius 3 is 2.37 bits per heavy atom. The molecule has 2 aliphatic heterocycles. The van der Waals surface area contributed by atoms with Crippen molar-refractivity contribution < 1.29 is 28.7 Å². The minimum Gasteiger partial charge on any atom is -0.463 e. The largest absolute Gasteiger partial charge is 0.463 e. The molecule has 0 bridgehead atoms. The first kappa shape index (κ1) is 25.5. The van der Waals surface area contributed by atoms with Crippen LogP contribution in [-0.2, 0) is 23.9 Å². The van der Waals surface area contributed by atoms with Gasteiger partial charge in [0.1, 0.15) is 24.8 Å². The Morgan fingerprint density at radius 1 is 1.08 bits per heavy atom. The van der Waals surface area contributed by atoms with Crippen LogP contribution in [0.25, 0.3) is 11.1 Å². The number of amides is 3. The monoisotopic (exact) mass is 517 g/mol. The summed E-state index contributed by atoms with van der Waals surface area (Å²) in [5, 5.41) is 5.56. The molecule has 0 aromatic heterocycles. The van der Waals surface area contributed by atoms with Crippen molar-refractivity contribution in [2.75, 3.05) is 19.8 Å². The van der Waals surface area contributed by atoms with Crippen LogP contribution in [-0.4, -0.2) is 66.2 Å². The molecule has 9 nitrogen and oxygen atoms in total. The number of nitrogens with one attached hydrogen (secondary N) is 2. The van der Waals surface area contributed by atoms with Crippen molar-refractivity contribution in [2.24, 2.45) is 0 Å². The first-order chi connectivity index (χ1) is 18.4. The lowest BCUT2D eigenvalue weighted by atomic mass is 9.87. The minimum absolute atomic E-state index is 0.0175. The van der Waals surface area contributed by atoms with Gasteiger partial charge in [-0.2, -0.15) is 0 Å². The average Bonchev–Trinajstić information content (AvgIpc) is 3.46. The second-order valence-electron chi connectivity index (χ2n) is 9.91. The van der Waals surface area contributed by atoms with Crippen LogP contribution in [0.1, 0.15) is 43.2 Å². The van der Waals surface area contributed by atoms with Crippen LogP contribution >= 0.6 is 0 Å². The number of ether oxygens (including phenoxy) is 2. The summed E-state index contributed by atoms with van der Waals surface area (Å²) < 4.78 is 10.8. The van der Waals surface area contributed by atoms with Crippen LogP contribution in [0, 0.1) is 0 Å². The molecule has 2 saturated heterocycles. The van der Waals surface area contributed by atoms with Gasteiger partial charge in [0.2, 0.25) is 11.8 Å². The van der Waals surface area contributed by atoms with Crippen molar-refractivity contribution in [2.45, 2.75) is 49.7 Å². The highest BCUT2D eigenvalue weighted by Gasteiger charge is 2.57. The number of carbonyl (C=O) groups excluding carboxylic acids is 4. The van der Waals surface area contributed by atoms with Gasteiger partial charge >= 0.3 is 12.1 Å². The van der Waals surface area contributed by atoms with Gasteiger partial charge < -0.3 is 25.0 Å². The van der Waals surface area contributed by atoms with Crippen LogP contribution < -0.4 is 10.6 Å². The molecule has 198 valence electrons. The molecule has 0 spiro atoms. The zero-order chi connectivity index (χ0) is 26.9. The van der Waals surface area contributed by atoms with E-state index in [0.717, 1.165) is 22.3 Å². The van der Waals surface area contributed by atoms with E-state index in [1.807, 2.05) is 31.2 Å². The fraction of sp³-hybridized carbons (Fsp3) is 0.379. The molecular weight excluding hydrogens is 486 g/mol. The third kappa shape index (κ3) is 4.42. The lowest BCUT2D eigenvalue weighted by Crippen LogP contribution is -2.69. The minimum atomic E-state index is -1.07. The zero-order valence-corrected chi connectivity index (χ0v) is 21.3. The maximum absolute atomic E-state index is 13.2. The fourth-order valence-electron chi connectivity index (χ4n) is 5.90. The number of alkyl carbamates (subject to hydrolysis) is 1. The Balaban J connectivity index is 1.22. The predicted molar refractivity (Wildman–Crippen MR) is 139 cm³/mol. The molecular formula is C29H31N3O6. The highest BCUT2D eigenvalue weighted by atomic mass is 16.5. The second kappa shape index (κ2) is 10.3. The molecule has 0 unspecified atom stereocenters. The first-order valence-corrected chi connectivity index (χ1v) is 12.9. The van der Waals surface area contributed by atoms with Gasteiger partial charge in [0.05, 0.1) is 12.5 Å². The van der Waals surface area contributed by atoms with Crippen molar-refractivity contribution >= 4 is 23.9 Å². The van der Waals surface area contributed by atoms with Crippen LogP contribution in [0.5, 0.6) is 0 Å². The van der Waals surface area contributed by atoms with E-state index in [1.54, 1.807) is 0 Å². The van der Waals surface area contributed by atoms with Gasteiger partial charge in [0.15, 0.2) is 0 Å². The lowest BCUT2D eigenvalue weighted by Gasteiger charge is -2.43. The molecule has 0 saturated carbocycles. The first-order valence-electron chi connectivity index (χ1n) is 12.9. The number of benzene rings is 2. The highest BCUT2D eigenvalue weighted by molar-refractivity contribution is 6.00. The predicted octanol–water partition coefficient (Wildman–Crippen LogP) is 2.89. The summed E-state index contributed by atoms with van der Waals surface area (Å²) in [4.78, 5) is 52.4. The Hall–Kier alpha value is -4.14. The van der Waals surface area contributed by atoms with E-state index >= 15 is 0 Å². The summed E-state index contributed by atoms with van der Waals surface area (Å²) in [6, 6.07) is 14.8. The molecule has 2 heterocycles. The summed E-state index contributed by atoms with van der Waals surface area (Å²) >= 11 is 0. The topological polar surface area (TPSA) is 114 Å². The van der Waals surface area contributed by atoms with Crippen LogP contribution in [0.2, 0.25) is 0 Å². The number of nitrogens with zero attached hydrogens (tertiary/aromatic N) is 1. The number of fused-ring (bicyclic) bond motifs is 4. The van der Waals surface area contributed by atoms with Gasteiger partial charge in [-0.05, 0) is 28.7 Å². The van der Waals surface area contributed by atoms with E-state index < -0.39 is 29.7 Å². The molecule has 3 amide bonds. The van der Waals surface area contributed by atoms with Crippen molar-refractivity contribution in [1.29, 1.82) is 0 Å². The van der Waals surface area contributed by atoms with Crippen LogP contribution in [0.15, 0.2) is 61.2 Å². The van der Waals surface area contributed by atoms with Crippen molar-refractivity contribution in [1.82, 2.24) is 15.5 Å². The Morgan fingerprint density at radius 2 is 1.74 bits per heavy atom. The van der Waals surface area contributed by atoms with Gasteiger partial charge in [0.25, 0.3) is 0 Å². The van der Waals surface area contributed by atoms with Crippen molar-refractivity contribution in [3.8, 4) is 11.1 Å². The number of carbonyl (C=O) groups is 4. The maximum atomic E-state index is 13.2. The fourth-order valence-corrected chi connectivity index (χ4v) is 5.90. The molecule has 3 aliphatic rings. The van der Waals surface area contributed by atoms with Gasteiger partial charge in [-0.1, -0.05) is 61.5 Å². The van der Waals surface area contributed by atoms with E-state index in [9.17, 15) is 19.2 Å². The lowest BCUT2D eigenvalue weighted by molar-refractivity contribution is -0.158. The normalized spacial score (nSPS) is 23.7. The average molecular weight is 518 g/mol.